The summed E-state index contributed by atoms with van der Waals surface area (Å²) >= 11 is 5.79. The van der Waals surface area contributed by atoms with Gasteiger partial charge in [-0.2, -0.15) is 0 Å². The largest absolute Gasteiger partial charge is 0.481 e. The van der Waals surface area contributed by atoms with Crippen LogP contribution in [0.4, 0.5) is 0 Å². The average molecular weight is 282 g/mol. The van der Waals surface area contributed by atoms with E-state index < -0.39 is 11.4 Å². The van der Waals surface area contributed by atoms with Gasteiger partial charge in [-0.05, 0) is 44.0 Å². The monoisotopic (exact) mass is 281 g/mol. The van der Waals surface area contributed by atoms with Gasteiger partial charge in [0.1, 0.15) is 0 Å². The molecule has 0 saturated carbocycles. The Labute approximate surface area is 117 Å². The van der Waals surface area contributed by atoms with Crippen LogP contribution >= 0.6 is 11.6 Å². The molecule has 0 aliphatic carbocycles. The maximum atomic E-state index is 12.3. The molecule has 19 heavy (non-hydrogen) atoms. The van der Waals surface area contributed by atoms with E-state index in [2.05, 4.69) is 0 Å². The molecule has 1 amide bonds. The Morgan fingerprint density at radius 3 is 2.53 bits per heavy atom. The van der Waals surface area contributed by atoms with Gasteiger partial charge in [0.2, 0.25) is 0 Å². The maximum Gasteiger partial charge on any atom is 0.311 e. The minimum Gasteiger partial charge on any atom is -0.481 e. The van der Waals surface area contributed by atoms with Crippen molar-refractivity contribution in [2.75, 3.05) is 13.1 Å². The molecule has 102 valence electrons. The van der Waals surface area contributed by atoms with Crippen molar-refractivity contribution in [3.8, 4) is 0 Å². The van der Waals surface area contributed by atoms with Gasteiger partial charge in [-0.1, -0.05) is 11.6 Å². The van der Waals surface area contributed by atoms with E-state index in [1.807, 2.05) is 0 Å². The maximum absolute atomic E-state index is 12.3. The molecule has 1 aliphatic rings. The number of carboxylic acid groups (broad SMARTS) is 1. The number of amides is 1. The van der Waals surface area contributed by atoms with E-state index in [4.69, 9.17) is 11.6 Å². The summed E-state index contributed by atoms with van der Waals surface area (Å²) in [6.07, 6.45) is 1.31. The quantitative estimate of drug-likeness (QED) is 0.907. The Bertz CT molecular complexity index is 500. The Balaban J connectivity index is 2.15. The van der Waals surface area contributed by atoms with Crippen LogP contribution in [0.25, 0.3) is 0 Å². The van der Waals surface area contributed by atoms with Crippen LogP contribution in [0.3, 0.4) is 0 Å². The zero-order valence-corrected chi connectivity index (χ0v) is 11.5. The van der Waals surface area contributed by atoms with Crippen molar-refractivity contribution in [2.24, 2.45) is 5.41 Å². The van der Waals surface area contributed by atoms with Crippen LogP contribution in [0, 0.1) is 5.41 Å². The summed E-state index contributed by atoms with van der Waals surface area (Å²) in [7, 11) is 0. The number of rotatable bonds is 2. The third kappa shape index (κ3) is 2.89. The zero-order valence-electron chi connectivity index (χ0n) is 10.7. The first-order valence-corrected chi connectivity index (χ1v) is 6.58. The summed E-state index contributed by atoms with van der Waals surface area (Å²) in [4.78, 5) is 25.2. The van der Waals surface area contributed by atoms with Gasteiger partial charge in [0.15, 0.2) is 0 Å². The van der Waals surface area contributed by atoms with E-state index >= 15 is 0 Å². The smallest absolute Gasteiger partial charge is 0.311 e. The number of aliphatic carboxylic acids is 1. The Morgan fingerprint density at radius 2 is 1.95 bits per heavy atom. The van der Waals surface area contributed by atoms with Crippen LogP contribution in [-0.2, 0) is 4.79 Å². The molecule has 0 spiro atoms. The molecule has 2 rings (SSSR count). The van der Waals surface area contributed by atoms with Crippen LogP contribution in [0.1, 0.15) is 30.1 Å². The van der Waals surface area contributed by atoms with Gasteiger partial charge >= 0.3 is 5.97 Å². The number of halogens is 1. The number of carboxylic acids is 1. The van der Waals surface area contributed by atoms with Crippen molar-refractivity contribution in [1.82, 2.24) is 4.90 Å². The number of hydrogen-bond acceptors (Lipinski definition) is 2. The number of hydrogen-bond donors (Lipinski definition) is 1. The Morgan fingerprint density at radius 1 is 1.32 bits per heavy atom. The zero-order chi connectivity index (χ0) is 14.0. The highest BCUT2D eigenvalue weighted by Crippen LogP contribution is 2.30. The summed E-state index contributed by atoms with van der Waals surface area (Å²) < 4.78 is 0. The first kappa shape index (κ1) is 13.9. The number of carbonyl (C=O) groups excluding carboxylic acids is 1. The molecular weight excluding hydrogens is 266 g/mol. The van der Waals surface area contributed by atoms with Crippen LogP contribution in [0.5, 0.6) is 0 Å². The minimum absolute atomic E-state index is 0.135. The van der Waals surface area contributed by atoms with E-state index in [0.29, 0.717) is 30.0 Å². The van der Waals surface area contributed by atoms with Crippen molar-refractivity contribution in [1.29, 1.82) is 0 Å². The highest BCUT2D eigenvalue weighted by Gasteiger charge is 2.39. The Hall–Kier alpha value is -1.55. The predicted molar refractivity (Wildman–Crippen MR) is 72.3 cm³/mol. The summed E-state index contributed by atoms with van der Waals surface area (Å²) in [6.45, 7) is 2.55. The van der Waals surface area contributed by atoms with Crippen LogP contribution in [0.15, 0.2) is 24.3 Å². The molecule has 0 radical (unpaired) electrons. The second-order valence-corrected chi connectivity index (χ2v) is 5.64. The third-order valence-corrected chi connectivity index (χ3v) is 3.84. The van der Waals surface area contributed by atoms with Crippen LogP contribution < -0.4 is 0 Å². The lowest BCUT2D eigenvalue weighted by Gasteiger charge is -2.37. The summed E-state index contributed by atoms with van der Waals surface area (Å²) in [5.74, 6) is -0.982. The summed E-state index contributed by atoms with van der Waals surface area (Å²) in [5.41, 5.74) is -0.306. The van der Waals surface area contributed by atoms with Gasteiger partial charge in [0, 0.05) is 23.7 Å². The normalized spacial score (nSPS) is 23.2. The second kappa shape index (κ2) is 5.21. The van der Waals surface area contributed by atoms with Gasteiger partial charge < -0.3 is 10.0 Å². The first-order valence-electron chi connectivity index (χ1n) is 6.21. The molecule has 1 fully saturated rings. The third-order valence-electron chi connectivity index (χ3n) is 3.59. The fraction of sp³-hybridized carbons (Fsp3) is 0.429. The molecule has 1 saturated heterocycles. The molecular formula is C14H16ClNO3. The number of nitrogens with zero attached hydrogens (tertiary/aromatic N) is 1. The lowest BCUT2D eigenvalue weighted by Crippen LogP contribution is -2.48. The fourth-order valence-corrected chi connectivity index (χ4v) is 2.49. The SMILES string of the molecule is CC1(C(=O)O)CCCN(C(=O)c2ccc(Cl)cc2)C1. The summed E-state index contributed by atoms with van der Waals surface area (Å²) in [6, 6.07) is 6.65. The molecule has 1 aliphatic heterocycles. The van der Waals surface area contributed by atoms with Gasteiger partial charge in [-0.3, -0.25) is 9.59 Å². The lowest BCUT2D eigenvalue weighted by molar-refractivity contribution is -0.150. The first-order chi connectivity index (χ1) is 8.92. The standard InChI is InChI=1S/C14H16ClNO3/c1-14(13(18)19)7-2-8-16(9-14)12(17)10-3-5-11(15)6-4-10/h3-6H,2,7-9H2,1H3,(H,18,19). The van der Waals surface area contributed by atoms with Crippen LogP contribution in [0.2, 0.25) is 5.02 Å². The van der Waals surface area contributed by atoms with Gasteiger partial charge in [-0.15, -0.1) is 0 Å². The Kier molecular flexibility index (Phi) is 3.80. The molecule has 1 heterocycles. The average Bonchev–Trinajstić information content (AvgIpc) is 2.39. The van der Waals surface area contributed by atoms with E-state index in [9.17, 15) is 14.7 Å². The molecule has 5 heteroatoms. The number of benzene rings is 1. The number of piperidine rings is 1. The topological polar surface area (TPSA) is 57.6 Å². The van der Waals surface area contributed by atoms with Gasteiger partial charge in [-0.25, -0.2) is 0 Å². The molecule has 1 N–H and O–H groups in total. The van der Waals surface area contributed by atoms with E-state index in [1.165, 1.54) is 0 Å². The number of carbonyl (C=O) groups is 2. The van der Waals surface area contributed by atoms with Crippen molar-refractivity contribution in [2.45, 2.75) is 19.8 Å². The van der Waals surface area contributed by atoms with Gasteiger partial charge in [0.05, 0.1) is 5.41 Å². The summed E-state index contributed by atoms with van der Waals surface area (Å²) in [5, 5.41) is 9.82. The van der Waals surface area contributed by atoms with Crippen molar-refractivity contribution < 1.29 is 14.7 Å². The molecule has 1 aromatic carbocycles. The van der Waals surface area contributed by atoms with Crippen molar-refractivity contribution >= 4 is 23.5 Å². The molecule has 1 aromatic rings. The van der Waals surface area contributed by atoms with Crippen molar-refractivity contribution in [3.05, 3.63) is 34.9 Å². The predicted octanol–water partition coefficient (Wildman–Crippen LogP) is 2.67. The van der Waals surface area contributed by atoms with Gasteiger partial charge in [0.25, 0.3) is 5.91 Å². The minimum atomic E-state index is -0.847. The lowest BCUT2D eigenvalue weighted by atomic mass is 9.82. The molecule has 0 bridgehead atoms. The molecule has 4 nitrogen and oxygen atoms in total. The highest BCUT2D eigenvalue weighted by atomic mass is 35.5. The fourth-order valence-electron chi connectivity index (χ4n) is 2.36. The second-order valence-electron chi connectivity index (χ2n) is 5.20. The molecule has 0 aromatic heterocycles. The van der Waals surface area contributed by atoms with E-state index in [1.54, 1.807) is 36.1 Å². The molecule has 1 unspecified atom stereocenters. The van der Waals surface area contributed by atoms with E-state index in [-0.39, 0.29) is 12.5 Å². The van der Waals surface area contributed by atoms with Crippen molar-refractivity contribution in [3.63, 3.8) is 0 Å². The highest BCUT2D eigenvalue weighted by molar-refractivity contribution is 6.30. The van der Waals surface area contributed by atoms with E-state index in [0.717, 1.165) is 0 Å². The molecule has 1 atom stereocenters. The number of likely N-dealkylation sites (tertiary alicyclic amines) is 1. The van der Waals surface area contributed by atoms with Crippen LogP contribution in [-0.4, -0.2) is 35.0 Å².